The van der Waals surface area contributed by atoms with Gasteiger partial charge in [0.1, 0.15) is 5.69 Å². The van der Waals surface area contributed by atoms with Crippen molar-refractivity contribution in [2.24, 2.45) is 0 Å². The Hall–Kier alpha value is -4.56. The third-order valence-electron chi connectivity index (χ3n) is 10.7. The van der Waals surface area contributed by atoms with Gasteiger partial charge in [0.05, 0.1) is 35.1 Å². The molecule has 0 unspecified atom stereocenters. The lowest BCUT2D eigenvalue weighted by Crippen LogP contribution is -2.51. The van der Waals surface area contributed by atoms with Crippen LogP contribution in [0.4, 0.5) is 11.4 Å². The molecule has 3 heterocycles. The second-order valence-corrected chi connectivity index (χ2v) is 14.7. The fraction of sp³-hybridized carbons (Fsp3) is 0.286. The number of hydrogen-bond donors (Lipinski definition) is 2. The van der Waals surface area contributed by atoms with E-state index < -0.39 is 0 Å². The van der Waals surface area contributed by atoms with Crippen molar-refractivity contribution < 1.29 is 4.79 Å². The molecule has 2 aliphatic rings. The normalized spacial score (nSPS) is 16.4. The van der Waals surface area contributed by atoms with Gasteiger partial charge < -0.3 is 19.8 Å². The number of benzene rings is 4. The first-order valence-corrected chi connectivity index (χ1v) is 18.8. The number of piperazine rings is 1. The van der Waals surface area contributed by atoms with Crippen molar-refractivity contribution in [1.29, 1.82) is 0 Å². The standard InChI is InChI=1S/C42H42Cl2N6O/c1-28(29-16-18-31(43)19-17-29)50-27-45-39(30-10-4-2-5-11-30)41(50)38-34-21-20-32(44)26-36(34)46-40(38)42(51)47-35-14-8-9-15-37(35)49-24-22-48(23-25-49)33-12-6-3-7-13-33/h2,4-5,8-11,14-21,26-28,33,46H,3,6-7,12-13,22-25H2,1H3,(H,47,51)/t28-/m0/s1. The Balaban J connectivity index is 1.19. The summed E-state index contributed by atoms with van der Waals surface area (Å²) in [5, 5.41) is 5.48. The van der Waals surface area contributed by atoms with E-state index in [-0.39, 0.29) is 11.9 Å². The molecule has 1 saturated heterocycles. The molecule has 2 N–H and O–H groups in total. The number of rotatable bonds is 8. The predicted molar refractivity (Wildman–Crippen MR) is 210 cm³/mol. The highest BCUT2D eigenvalue weighted by atomic mass is 35.5. The van der Waals surface area contributed by atoms with E-state index in [1.54, 1.807) is 0 Å². The minimum Gasteiger partial charge on any atom is -0.367 e. The van der Waals surface area contributed by atoms with Crippen molar-refractivity contribution in [2.45, 2.75) is 51.1 Å². The number of anilines is 2. The Morgan fingerprint density at radius 2 is 1.55 bits per heavy atom. The van der Waals surface area contributed by atoms with E-state index in [9.17, 15) is 4.79 Å². The number of carbonyl (C=O) groups excluding carboxylic acids is 1. The molecule has 1 aliphatic carbocycles. The Kier molecular flexibility index (Phi) is 9.60. The maximum absolute atomic E-state index is 14.7. The van der Waals surface area contributed by atoms with Crippen molar-refractivity contribution in [2.75, 3.05) is 36.4 Å². The summed E-state index contributed by atoms with van der Waals surface area (Å²) < 4.78 is 2.15. The molecule has 1 atom stereocenters. The molecule has 0 bridgehead atoms. The minimum absolute atomic E-state index is 0.108. The lowest BCUT2D eigenvalue weighted by atomic mass is 9.94. The summed E-state index contributed by atoms with van der Waals surface area (Å²) in [5.41, 5.74) is 7.50. The van der Waals surface area contributed by atoms with Gasteiger partial charge in [0.2, 0.25) is 0 Å². The topological polar surface area (TPSA) is 69.2 Å². The quantitative estimate of drug-likeness (QED) is 0.165. The van der Waals surface area contributed by atoms with E-state index in [0.717, 1.165) is 76.5 Å². The third-order valence-corrected chi connectivity index (χ3v) is 11.2. The summed E-state index contributed by atoms with van der Waals surface area (Å²) in [5.74, 6) is -0.225. The van der Waals surface area contributed by atoms with Crippen LogP contribution in [0.1, 0.15) is 61.1 Å². The summed E-state index contributed by atoms with van der Waals surface area (Å²) in [6.07, 6.45) is 8.55. The molecule has 6 aromatic rings. The van der Waals surface area contributed by atoms with Gasteiger partial charge >= 0.3 is 0 Å². The number of carbonyl (C=O) groups is 1. The maximum Gasteiger partial charge on any atom is 0.272 e. The van der Waals surface area contributed by atoms with Crippen LogP contribution in [0.15, 0.2) is 103 Å². The number of aromatic amines is 1. The van der Waals surface area contributed by atoms with Gasteiger partial charge in [-0.25, -0.2) is 4.98 Å². The second-order valence-electron chi connectivity index (χ2n) is 13.8. The Morgan fingerprint density at radius 1 is 0.843 bits per heavy atom. The number of amides is 1. The lowest BCUT2D eigenvalue weighted by Gasteiger charge is -2.42. The van der Waals surface area contributed by atoms with Crippen LogP contribution in [0.2, 0.25) is 10.0 Å². The molecule has 1 saturated carbocycles. The first-order valence-electron chi connectivity index (χ1n) is 18.0. The Bertz CT molecular complexity index is 2140. The molecule has 0 spiro atoms. The van der Waals surface area contributed by atoms with Crippen LogP contribution in [-0.2, 0) is 0 Å². The number of nitrogens with one attached hydrogen (secondary N) is 2. The maximum atomic E-state index is 14.7. The molecule has 2 aromatic heterocycles. The number of fused-ring (bicyclic) bond motifs is 1. The van der Waals surface area contributed by atoms with Crippen LogP contribution in [0.3, 0.4) is 0 Å². The smallest absolute Gasteiger partial charge is 0.272 e. The molecule has 7 nitrogen and oxygen atoms in total. The van der Waals surface area contributed by atoms with Crippen molar-refractivity contribution in [3.05, 3.63) is 125 Å². The van der Waals surface area contributed by atoms with Crippen molar-refractivity contribution >= 4 is 51.4 Å². The van der Waals surface area contributed by atoms with Gasteiger partial charge in [0, 0.05) is 64.3 Å². The fourth-order valence-electron chi connectivity index (χ4n) is 8.01. The lowest BCUT2D eigenvalue weighted by molar-refractivity contribution is 0.102. The highest BCUT2D eigenvalue weighted by Gasteiger charge is 2.30. The fourth-order valence-corrected chi connectivity index (χ4v) is 8.31. The van der Waals surface area contributed by atoms with E-state index in [0.29, 0.717) is 21.8 Å². The predicted octanol–water partition coefficient (Wildman–Crippen LogP) is 10.3. The molecule has 8 rings (SSSR count). The molecule has 260 valence electrons. The average Bonchev–Trinajstić information content (AvgIpc) is 3.77. The van der Waals surface area contributed by atoms with E-state index in [2.05, 4.69) is 55.9 Å². The van der Waals surface area contributed by atoms with Gasteiger partial charge in [-0.3, -0.25) is 9.69 Å². The van der Waals surface area contributed by atoms with Crippen LogP contribution in [0, 0.1) is 0 Å². The zero-order valence-electron chi connectivity index (χ0n) is 28.8. The van der Waals surface area contributed by atoms with Gasteiger partial charge in [-0.2, -0.15) is 0 Å². The molecule has 1 aliphatic heterocycles. The second kappa shape index (κ2) is 14.6. The Labute approximate surface area is 309 Å². The largest absolute Gasteiger partial charge is 0.367 e. The van der Waals surface area contributed by atoms with Crippen LogP contribution < -0.4 is 10.2 Å². The molecule has 1 amide bonds. The first-order chi connectivity index (χ1) is 24.9. The summed E-state index contributed by atoms with van der Waals surface area (Å²) in [6.45, 7) is 6.08. The Morgan fingerprint density at radius 3 is 2.31 bits per heavy atom. The van der Waals surface area contributed by atoms with Crippen LogP contribution in [0.25, 0.3) is 33.4 Å². The molecule has 9 heteroatoms. The van der Waals surface area contributed by atoms with Crippen molar-refractivity contribution in [3.8, 4) is 22.5 Å². The van der Waals surface area contributed by atoms with Gasteiger partial charge in [0.15, 0.2) is 0 Å². The number of imidazole rings is 1. The van der Waals surface area contributed by atoms with E-state index in [1.165, 1.54) is 32.1 Å². The van der Waals surface area contributed by atoms with Crippen LogP contribution in [0.5, 0.6) is 0 Å². The number of H-pyrrole nitrogens is 1. The average molecular weight is 718 g/mol. The highest BCUT2D eigenvalue weighted by molar-refractivity contribution is 6.31. The number of para-hydroxylation sites is 2. The van der Waals surface area contributed by atoms with Crippen LogP contribution >= 0.6 is 23.2 Å². The van der Waals surface area contributed by atoms with E-state index >= 15 is 0 Å². The van der Waals surface area contributed by atoms with E-state index in [4.69, 9.17) is 28.2 Å². The molecule has 2 fully saturated rings. The monoisotopic (exact) mass is 716 g/mol. The van der Waals surface area contributed by atoms with Gasteiger partial charge in [-0.1, -0.05) is 103 Å². The summed E-state index contributed by atoms with van der Waals surface area (Å²) in [7, 11) is 0. The summed E-state index contributed by atoms with van der Waals surface area (Å²) >= 11 is 12.8. The molecular formula is C42H42Cl2N6O. The SMILES string of the molecule is C[C@@H](c1ccc(Cl)cc1)n1cnc(-c2ccccc2)c1-c1c(C(=O)Nc2ccccc2N2CCN(C3CCCCC3)CC2)[nH]c2cc(Cl)ccc12. The van der Waals surface area contributed by atoms with Crippen LogP contribution in [-0.4, -0.2) is 57.6 Å². The summed E-state index contributed by atoms with van der Waals surface area (Å²) in [6, 6.07) is 32.5. The van der Waals surface area contributed by atoms with E-state index in [1.807, 2.05) is 79.1 Å². The van der Waals surface area contributed by atoms with Gasteiger partial charge in [-0.05, 0) is 61.7 Å². The first kappa shape index (κ1) is 33.6. The molecular weight excluding hydrogens is 675 g/mol. The minimum atomic E-state index is -0.225. The molecule has 0 radical (unpaired) electrons. The van der Waals surface area contributed by atoms with Crippen molar-refractivity contribution in [3.63, 3.8) is 0 Å². The van der Waals surface area contributed by atoms with Crippen molar-refractivity contribution in [1.82, 2.24) is 19.4 Å². The molecule has 51 heavy (non-hydrogen) atoms. The summed E-state index contributed by atoms with van der Waals surface area (Å²) in [4.78, 5) is 28.2. The number of aromatic nitrogens is 3. The zero-order valence-corrected chi connectivity index (χ0v) is 30.3. The zero-order chi connectivity index (χ0) is 34.9. The number of hydrogen-bond acceptors (Lipinski definition) is 4. The third kappa shape index (κ3) is 6.78. The van der Waals surface area contributed by atoms with Gasteiger partial charge in [-0.15, -0.1) is 0 Å². The van der Waals surface area contributed by atoms with Gasteiger partial charge in [0.25, 0.3) is 5.91 Å². The number of nitrogens with zero attached hydrogens (tertiary/aromatic N) is 4. The highest BCUT2D eigenvalue weighted by Crippen LogP contribution is 2.42. The number of halogens is 2. The molecule has 4 aromatic carbocycles.